The van der Waals surface area contributed by atoms with Crippen LogP contribution in [-0.4, -0.2) is 19.9 Å². The van der Waals surface area contributed by atoms with E-state index in [1.165, 1.54) is 6.20 Å². The smallest absolute Gasteiger partial charge is 0.179 e. The molecular formula is C8H5ClN4. The Hall–Kier alpha value is -1.55. The maximum Gasteiger partial charge on any atom is 0.179 e. The highest BCUT2D eigenvalue weighted by molar-refractivity contribution is 6.29. The van der Waals surface area contributed by atoms with E-state index >= 15 is 0 Å². The molecule has 2 aromatic heterocycles. The second kappa shape index (κ2) is 3.45. The van der Waals surface area contributed by atoms with Gasteiger partial charge in [-0.05, 0) is 6.07 Å². The highest BCUT2D eigenvalue weighted by Gasteiger charge is 2.01. The van der Waals surface area contributed by atoms with Gasteiger partial charge in [-0.15, -0.1) is 0 Å². The van der Waals surface area contributed by atoms with Gasteiger partial charge in [0.25, 0.3) is 0 Å². The van der Waals surface area contributed by atoms with Crippen LogP contribution in [0.5, 0.6) is 0 Å². The van der Waals surface area contributed by atoms with E-state index in [1.54, 1.807) is 24.7 Å². The van der Waals surface area contributed by atoms with Gasteiger partial charge in [-0.1, -0.05) is 11.6 Å². The Morgan fingerprint density at radius 1 is 1.08 bits per heavy atom. The van der Waals surface area contributed by atoms with E-state index in [9.17, 15) is 0 Å². The molecule has 0 atom stereocenters. The number of nitrogens with zero attached hydrogens (tertiary/aromatic N) is 4. The van der Waals surface area contributed by atoms with Crippen molar-refractivity contribution >= 4 is 11.6 Å². The predicted molar refractivity (Wildman–Crippen MR) is 48.1 cm³/mol. The fourth-order valence-corrected chi connectivity index (χ4v) is 1.03. The van der Waals surface area contributed by atoms with Gasteiger partial charge in [0.2, 0.25) is 0 Å². The van der Waals surface area contributed by atoms with Crippen molar-refractivity contribution in [3.63, 3.8) is 0 Å². The molecule has 0 radical (unpaired) electrons. The molecule has 2 heterocycles. The van der Waals surface area contributed by atoms with Gasteiger partial charge < -0.3 is 0 Å². The molecule has 0 fully saturated rings. The third-order valence-electron chi connectivity index (χ3n) is 1.40. The van der Waals surface area contributed by atoms with Gasteiger partial charge in [0.05, 0.1) is 12.4 Å². The zero-order valence-corrected chi connectivity index (χ0v) is 7.31. The van der Waals surface area contributed by atoms with E-state index in [2.05, 4.69) is 19.9 Å². The van der Waals surface area contributed by atoms with Gasteiger partial charge in [-0.2, -0.15) is 0 Å². The van der Waals surface area contributed by atoms with Crippen LogP contribution in [0.25, 0.3) is 11.5 Å². The molecule has 2 rings (SSSR count). The Balaban J connectivity index is 2.48. The minimum atomic E-state index is 0.338. The summed E-state index contributed by atoms with van der Waals surface area (Å²) in [5.74, 6) is 0.525. The molecule has 4 nitrogen and oxygen atoms in total. The molecule has 2 aromatic rings. The average Bonchev–Trinajstić information content (AvgIpc) is 2.19. The summed E-state index contributed by atoms with van der Waals surface area (Å²) in [6.07, 6.45) is 6.32. The lowest BCUT2D eigenvalue weighted by Gasteiger charge is -1.96. The molecule has 0 spiro atoms. The van der Waals surface area contributed by atoms with Crippen LogP contribution in [0.2, 0.25) is 5.15 Å². The Morgan fingerprint density at radius 2 is 1.85 bits per heavy atom. The van der Waals surface area contributed by atoms with Crippen molar-refractivity contribution in [1.29, 1.82) is 0 Å². The molecule has 0 amide bonds. The lowest BCUT2D eigenvalue weighted by atomic mass is 10.4. The van der Waals surface area contributed by atoms with Crippen LogP contribution in [0.15, 0.2) is 30.9 Å². The summed E-state index contributed by atoms with van der Waals surface area (Å²) in [6.45, 7) is 0. The lowest BCUT2D eigenvalue weighted by molar-refractivity contribution is 1.11. The number of hydrogen-bond donors (Lipinski definition) is 0. The van der Waals surface area contributed by atoms with Crippen molar-refractivity contribution in [2.24, 2.45) is 0 Å². The molecule has 0 saturated heterocycles. The van der Waals surface area contributed by atoms with E-state index < -0.39 is 0 Å². The van der Waals surface area contributed by atoms with Crippen molar-refractivity contribution < 1.29 is 0 Å². The largest absolute Gasteiger partial charge is 0.259 e. The number of halogens is 1. The van der Waals surface area contributed by atoms with Crippen LogP contribution >= 0.6 is 11.6 Å². The van der Waals surface area contributed by atoms with Crippen LogP contribution in [0, 0.1) is 0 Å². The number of hydrogen-bond acceptors (Lipinski definition) is 4. The van der Waals surface area contributed by atoms with Crippen molar-refractivity contribution in [3.05, 3.63) is 36.0 Å². The maximum absolute atomic E-state index is 5.67. The first kappa shape index (κ1) is 8.07. The Kier molecular flexibility index (Phi) is 2.14. The summed E-state index contributed by atoms with van der Waals surface area (Å²) in [5, 5.41) is 0.338. The van der Waals surface area contributed by atoms with E-state index in [0.29, 0.717) is 16.7 Å². The zero-order chi connectivity index (χ0) is 9.10. The summed E-state index contributed by atoms with van der Waals surface area (Å²) in [6, 6.07) is 1.74. The monoisotopic (exact) mass is 192 g/mol. The van der Waals surface area contributed by atoms with Crippen LogP contribution in [0.1, 0.15) is 0 Å². The van der Waals surface area contributed by atoms with Crippen molar-refractivity contribution in [3.8, 4) is 11.5 Å². The summed E-state index contributed by atoms with van der Waals surface area (Å²) in [7, 11) is 0. The van der Waals surface area contributed by atoms with Crippen molar-refractivity contribution in [1.82, 2.24) is 19.9 Å². The van der Waals surface area contributed by atoms with Gasteiger partial charge in [0.1, 0.15) is 10.8 Å². The lowest BCUT2D eigenvalue weighted by Crippen LogP contribution is -1.91. The molecule has 0 aliphatic heterocycles. The highest BCUT2D eigenvalue weighted by atomic mass is 35.5. The van der Waals surface area contributed by atoms with E-state index in [1.807, 2.05) is 0 Å². The molecule has 0 aliphatic carbocycles. The van der Waals surface area contributed by atoms with Crippen LogP contribution in [0.3, 0.4) is 0 Å². The van der Waals surface area contributed by atoms with Gasteiger partial charge in [-0.25, -0.2) is 15.0 Å². The Morgan fingerprint density at radius 3 is 2.54 bits per heavy atom. The fraction of sp³-hybridized carbons (Fsp3) is 0. The van der Waals surface area contributed by atoms with E-state index in [0.717, 1.165) is 0 Å². The maximum atomic E-state index is 5.67. The van der Waals surface area contributed by atoms with Gasteiger partial charge >= 0.3 is 0 Å². The molecule has 0 unspecified atom stereocenters. The molecule has 0 saturated carbocycles. The molecule has 5 heteroatoms. The van der Waals surface area contributed by atoms with Gasteiger partial charge in [0, 0.05) is 12.4 Å². The highest BCUT2D eigenvalue weighted by Crippen LogP contribution is 2.11. The summed E-state index contributed by atoms with van der Waals surface area (Å²) >= 11 is 5.67. The van der Waals surface area contributed by atoms with E-state index in [4.69, 9.17) is 11.6 Å². The van der Waals surface area contributed by atoms with Crippen LogP contribution < -0.4 is 0 Å². The topological polar surface area (TPSA) is 51.6 Å². The predicted octanol–water partition coefficient (Wildman–Crippen LogP) is 1.59. The fourth-order valence-electron chi connectivity index (χ4n) is 0.881. The third kappa shape index (κ3) is 1.78. The quantitative estimate of drug-likeness (QED) is 0.689. The summed E-state index contributed by atoms with van der Waals surface area (Å²) in [5.41, 5.74) is 0.577. The molecule has 13 heavy (non-hydrogen) atoms. The number of aromatic nitrogens is 4. The van der Waals surface area contributed by atoms with Gasteiger partial charge in [0.15, 0.2) is 5.82 Å². The first-order valence-electron chi connectivity index (χ1n) is 3.61. The summed E-state index contributed by atoms with van der Waals surface area (Å²) in [4.78, 5) is 15.9. The molecule has 0 aromatic carbocycles. The molecule has 0 N–H and O–H groups in total. The average molecular weight is 193 g/mol. The van der Waals surface area contributed by atoms with Crippen LogP contribution in [-0.2, 0) is 0 Å². The first-order valence-corrected chi connectivity index (χ1v) is 3.99. The minimum Gasteiger partial charge on any atom is -0.259 e. The molecule has 0 aliphatic rings. The Labute approximate surface area is 79.7 Å². The Bertz CT molecular complexity index is 404. The SMILES string of the molecule is Clc1cncc(-c2ncccn2)n1. The number of rotatable bonds is 1. The van der Waals surface area contributed by atoms with Crippen molar-refractivity contribution in [2.75, 3.05) is 0 Å². The van der Waals surface area contributed by atoms with Crippen LogP contribution in [0.4, 0.5) is 0 Å². The molecule has 64 valence electrons. The zero-order valence-electron chi connectivity index (χ0n) is 6.55. The second-order valence-corrected chi connectivity index (χ2v) is 2.69. The second-order valence-electron chi connectivity index (χ2n) is 2.30. The minimum absolute atomic E-state index is 0.338. The van der Waals surface area contributed by atoms with Crippen molar-refractivity contribution in [2.45, 2.75) is 0 Å². The third-order valence-corrected chi connectivity index (χ3v) is 1.58. The van der Waals surface area contributed by atoms with E-state index in [-0.39, 0.29) is 0 Å². The standard InChI is InChI=1S/C8H5ClN4/c9-7-5-10-4-6(13-7)8-11-2-1-3-12-8/h1-5H. The first-order chi connectivity index (χ1) is 6.36. The van der Waals surface area contributed by atoms with Gasteiger partial charge in [-0.3, -0.25) is 4.98 Å². The normalized spacial score (nSPS) is 9.92. The molecular weight excluding hydrogens is 188 g/mol. The summed E-state index contributed by atoms with van der Waals surface area (Å²) < 4.78 is 0. The molecule has 0 bridgehead atoms.